The molecule has 0 aromatic carbocycles. The highest BCUT2D eigenvalue weighted by molar-refractivity contribution is 5.95. The first-order chi connectivity index (χ1) is 11.5. The van der Waals surface area contributed by atoms with Gasteiger partial charge in [0.15, 0.2) is 5.79 Å². The number of epoxide rings is 1. The van der Waals surface area contributed by atoms with Gasteiger partial charge in [0.2, 0.25) is 0 Å². The SMILES string of the molecule is C[C@]12CC=C3C(CC[C@@]45CC6(CC[C@@]34O5)OCCO6)C1C[CH+]C2=O. The molecule has 0 N–H and O–H groups in total. The third kappa shape index (κ3) is 1.44. The molecule has 3 saturated carbocycles. The second kappa shape index (κ2) is 4.11. The summed E-state index contributed by atoms with van der Waals surface area (Å²) in [4.78, 5) is 12.4. The Balaban J connectivity index is 1.37. The van der Waals surface area contributed by atoms with Gasteiger partial charge in [-0.1, -0.05) is 6.08 Å². The van der Waals surface area contributed by atoms with Crippen molar-refractivity contribution in [2.24, 2.45) is 17.3 Å². The van der Waals surface area contributed by atoms with Gasteiger partial charge in [-0.3, -0.25) is 0 Å². The Morgan fingerprint density at radius 1 is 1.21 bits per heavy atom. The Labute approximate surface area is 142 Å². The molecule has 6 rings (SSSR count). The van der Waals surface area contributed by atoms with Crippen LogP contribution in [0.2, 0.25) is 0 Å². The van der Waals surface area contributed by atoms with Gasteiger partial charge in [0.05, 0.1) is 18.6 Å². The predicted molar refractivity (Wildman–Crippen MR) is 86.0 cm³/mol. The zero-order chi connectivity index (χ0) is 16.2. The minimum absolute atomic E-state index is 0.0575. The van der Waals surface area contributed by atoms with Crippen molar-refractivity contribution < 1.29 is 19.0 Å². The molecule has 4 aliphatic carbocycles. The lowest BCUT2D eigenvalue weighted by molar-refractivity contribution is -0.185. The third-order valence-corrected chi connectivity index (χ3v) is 8.19. The molecule has 1 spiro atoms. The van der Waals surface area contributed by atoms with Crippen molar-refractivity contribution in [3.05, 3.63) is 18.1 Å². The summed E-state index contributed by atoms with van der Waals surface area (Å²) in [5.41, 5.74) is 1.24. The molecule has 0 amide bonds. The summed E-state index contributed by atoms with van der Waals surface area (Å²) in [6.07, 6.45) is 11.2. The molecule has 0 aromatic rings. The van der Waals surface area contributed by atoms with Crippen LogP contribution in [0.4, 0.5) is 0 Å². The van der Waals surface area contributed by atoms with Crippen LogP contribution in [0.1, 0.15) is 51.9 Å². The van der Waals surface area contributed by atoms with Crippen LogP contribution in [-0.4, -0.2) is 36.0 Å². The predicted octanol–water partition coefficient (Wildman–Crippen LogP) is 2.96. The van der Waals surface area contributed by atoms with Crippen molar-refractivity contribution in [1.29, 1.82) is 0 Å². The van der Waals surface area contributed by atoms with Crippen LogP contribution < -0.4 is 0 Å². The van der Waals surface area contributed by atoms with E-state index in [2.05, 4.69) is 13.0 Å². The van der Waals surface area contributed by atoms with Gasteiger partial charge in [0, 0.05) is 18.8 Å². The highest BCUT2D eigenvalue weighted by Gasteiger charge is 2.79. The third-order valence-electron chi connectivity index (χ3n) is 8.19. The molecule has 4 heteroatoms. The topological polar surface area (TPSA) is 48.1 Å². The highest BCUT2D eigenvalue weighted by atomic mass is 16.7. The van der Waals surface area contributed by atoms with Crippen LogP contribution in [0.15, 0.2) is 11.6 Å². The first-order valence-electron chi connectivity index (χ1n) is 9.59. The Hall–Kier alpha value is -0.840. The van der Waals surface area contributed by atoms with E-state index in [9.17, 15) is 4.79 Å². The Bertz CT molecular complexity index is 663. The summed E-state index contributed by atoms with van der Waals surface area (Å²) in [6.45, 7) is 3.61. The summed E-state index contributed by atoms with van der Waals surface area (Å²) in [7, 11) is 0. The van der Waals surface area contributed by atoms with Gasteiger partial charge in [0.1, 0.15) is 24.0 Å². The van der Waals surface area contributed by atoms with E-state index in [1.807, 2.05) is 6.42 Å². The van der Waals surface area contributed by atoms with Gasteiger partial charge >= 0.3 is 5.78 Å². The van der Waals surface area contributed by atoms with Crippen molar-refractivity contribution in [3.8, 4) is 0 Å². The molecule has 0 aromatic heterocycles. The van der Waals surface area contributed by atoms with Crippen LogP contribution in [0.25, 0.3) is 0 Å². The number of Topliss-reactive ketones (excluding diaryl/α,β-unsaturated/α-hetero) is 1. The van der Waals surface area contributed by atoms with Gasteiger partial charge in [-0.2, -0.15) is 0 Å². The molecule has 2 heterocycles. The number of rotatable bonds is 0. The number of hydrogen-bond acceptors (Lipinski definition) is 4. The number of fused-ring (bicyclic) bond motifs is 3. The van der Waals surface area contributed by atoms with E-state index in [1.54, 1.807) is 0 Å². The fraction of sp³-hybridized carbons (Fsp3) is 0.800. The molecule has 128 valence electrons. The molecule has 2 unspecified atom stereocenters. The van der Waals surface area contributed by atoms with Gasteiger partial charge < -0.3 is 14.2 Å². The van der Waals surface area contributed by atoms with Crippen LogP contribution in [0, 0.1) is 23.7 Å². The van der Waals surface area contributed by atoms with Crippen LogP contribution >= 0.6 is 0 Å². The maximum Gasteiger partial charge on any atom is 0.312 e. The second-order valence-corrected chi connectivity index (χ2v) is 9.04. The molecular weight excluding hydrogens is 304 g/mol. The maximum atomic E-state index is 12.4. The highest BCUT2D eigenvalue weighted by Crippen LogP contribution is 2.73. The molecule has 6 aliphatic rings. The van der Waals surface area contributed by atoms with Crippen LogP contribution in [-0.2, 0) is 19.0 Å². The van der Waals surface area contributed by atoms with Crippen molar-refractivity contribution in [3.63, 3.8) is 0 Å². The minimum atomic E-state index is -0.381. The lowest BCUT2D eigenvalue weighted by atomic mass is 9.54. The number of allylic oxidation sites excluding steroid dienone is 1. The van der Waals surface area contributed by atoms with Crippen molar-refractivity contribution in [1.82, 2.24) is 0 Å². The number of ketones is 1. The Morgan fingerprint density at radius 3 is 2.88 bits per heavy atom. The summed E-state index contributed by atoms with van der Waals surface area (Å²) in [6, 6.07) is 0. The molecule has 5 atom stereocenters. The number of carbonyl (C=O) groups is 1. The summed E-state index contributed by atoms with van der Waals surface area (Å²) in [5.74, 6) is 0.996. The van der Waals surface area contributed by atoms with E-state index in [0.717, 1.165) is 44.9 Å². The molecule has 2 aliphatic heterocycles. The molecule has 24 heavy (non-hydrogen) atoms. The van der Waals surface area contributed by atoms with Crippen molar-refractivity contribution in [2.75, 3.05) is 13.2 Å². The summed E-state index contributed by atoms with van der Waals surface area (Å²) in [5, 5.41) is 0. The molecule has 5 fully saturated rings. The largest absolute Gasteiger partial charge is 0.358 e. The number of carbonyl (C=O) groups excluding carboxylic acids is 1. The van der Waals surface area contributed by atoms with Gasteiger partial charge in [-0.15, -0.1) is 0 Å². The van der Waals surface area contributed by atoms with Crippen LogP contribution in [0.3, 0.4) is 0 Å². The Kier molecular flexibility index (Phi) is 2.45. The first-order valence-corrected chi connectivity index (χ1v) is 9.59. The number of hydrogen-bond donors (Lipinski definition) is 0. The standard InChI is InChI=1S/C20H25O4/c1-17-6-5-15-13(14(17)2-3-16(17)21)4-7-18-12-19(22-10-11-23-19)8-9-20(15,18)24-18/h3,5,13-14H,2,4,6-12H2,1H3/q+1/t13?,14?,17-,18+,20+/m0/s1. The monoisotopic (exact) mass is 329 g/mol. The van der Waals surface area contributed by atoms with E-state index < -0.39 is 0 Å². The summed E-state index contributed by atoms with van der Waals surface area (Å²) < 4.78 is 18.5. The molecular formula is C20H25O4+. The van der Waals surface area contributed by atoms with Crippen molar-refractivity contribution in [2.45, 2.75) is 68.9 Å². The minimum Gasteiger partial charge on any atom is -0.358 e. The summed E-state index contributed by atoms with van der Waals surface area (Å²) >= 11 is 0. The fourth-order valence-electron chi connectivity index (χ4n) is 6.88. The fourth-order valence-corrected chi connectivity index (χ4v) is 6.88. The van der Waals surface area contributed by atoms with Gasteiger partial charge in [0.25, 0.3) is 0 Å². The second-order valence-electron chi connectivity index (χ2n) is 9.04. The quantitative estimate of drug-likeness (QED) is 0.389. The molecule has 0 radical (unpaired) electrons. The van der Waals surface area contributed by atoms with E-state index in [0.29, 0.717) is 30.8 Å². The lowest BCUT2D eigenvalue weighted by Gasteiger charge is -2.47. The number of ether oxygens (including phenoxy) is 3. The average molecular weight is 329 g/mol. The van der Waals surface area contributed by atoms with E-state index in [4.69, 9.17) is 14.2 Å². The van der Waals surface area contributed by atoms with Crippen LogP contribution in [0.5, 0.6) is 0 Å². The van der Waals surface area contributed by atoms with E-state index in [1.165, 1.54) is 5.57 Å². The van der Waals surface area contributed by atoms with Crippen molar-refractivity contribution >= 4 is 5.78 Å². The normalized spacial score (nSPS) is 53.5. The van der Waals surface area contributed by atoms with Gasteiger partial charge in [-0.25, -0.2) is 4.79 Å². The Morgan fingerprint density at radius 2 is 2.04 bits per heavy atom. The molecule has 0 bridgehead atoms. The maximum absolute atomic E-state index is 12.4. The molecule has 2 saturated heterocycles. The average Bonchev–Trinajstić information content (AvgIpc) is 2.88. The lowest BCUT2D eigenvalue weighted by Crippen LogP contribution is -2.51. The van der Waals surface area contributed by atoms with E-state index >= 15 is 0 Å². The van der Waals surface area contributed by atoms with Gasteiger partial charge in [-0.05, 0) is 44.1 Å². The zero-order valence-electron chi connectivity index (χ0n) is 14.3. The smallest absolute Gasteiger partial charge is 0.312 e. The zero-order valence-corrected chi connectivity index (χ0v) is 14.3. The van der Waals surface area contributed by atoms with E-state index in [-0.39, 0.29) is 22.4 Å². The molecule has 4 nitrogen and oxygen atoms in total. The first kappa shape index (κ1) is 14.3.